The third-order valence-electron chi connectivity index (χ3n) is 14.0. The minimum atomic E-state index is -1.65. The molecule has 0 N–H and O–H groups in total. The molecule has 8 rings (SSSR count). The van der Waals surface area contributed by atoms with Crippen LogP contribution < -0.4 is 14.9 Å². The van der Waals surface area contributed by atoms with Crippen LogP contribution in [-0.2, 0) is 38.1 Å². The van der Waals surface area contributed by atoms with E-state index in [1.165, 1.54) is 7.11 Å². The van der Waals surface area contributed by atoms with E-state index in [0.29, 0.717) is 12.8 Å². The van der Waals surface area contributed by atoms with Crippen LogP contribution in [0.15, 0.2) is 37.9 Å². The van der Waals surface area contributed by atoms with Gasteiger partial charge in [0, 0.05) is 10.8 Å². The Bertz CT molecular complexity index is 2240. The number of carbonyl (C=O) groups is 4. The fraction of sp³-hybridized carbons (Fsp3) is 0.564. The molecule has 3 aromatic rings. The van der Waals surface area contributed by atoms with Gasteiger partial charge in [-0.15, -0.1) is 0 Å². The zero-order chi connectivity index (χ0) is 37.8. The van der Waals surface area contributed by atoms with Gasteiger partial charge >= 0.3 is 23.9 Å². The second kappa shape index (κ2) is 10.3. The number of halogens is 1. The molecule has 0 unspecified atom stereocenters. The molecule has 4 heterocycles. The highest BCUT2D eigenvalue weighted by Gasteiger charge is 2.78. The summed E-state index contributed by atoms with van der Waals surface area (Å²) in [5.74, 6) is -2.39. The van der Waals surface area contributed by atoms with Crippen LogP contribution >= 0.6 is 15.9 Å². The van der Waals surface area contributed by atoms with E-state index in [0.717, 1.165) is 0 Å². The summed E-state index contributed by atoms with van der Waals surface area (Å²) in [6, 6.07) is 6.68. The van der Waals surface area contributed by atoms with Crippen molar-refractivity contribution in [3.05, 3.63) is 44.5 Å². The van der Waals surface area contributed by atoms with E-state index in [9.17, 15) is 24.0 Å². The molecule has 52 heavy (non-hydrogen) atoms. The van der Waals surface area contributed by atoms with E-state index in [2.05, 4.69) is 15.9 Å². The van der Waals surface area contributed by atoms with Gasteiger partial charge in [0.1, 0.15) is 26.8 Å². The number of carbonyl (C=O) groups excluding carboxylic acids is 4. The maximum absolute atomic E-state index is 14.8. The van der Waals surface area contributed by atoms with Gasteiger partial charge in [-0.1, -0.05) is 39.8 Å². The molecule has 4 bridgehead atoms. The molecule has 12 nitrogen and oxygen atoms in total. The number of hydrogen-bond donors (Lipinski definition) is 0. The summed E-state index contributed by atoms with van der Waals surface area (Å²) < 4.78 is 43.8. The molecule has 2 saturated heterocycles. The molecule has 6 atom stereocenters. The average molecular weight is 782 g/mol. The van der Waals surface area contributed by atoms with Gasteiger partial charge in [-0.3, -0.25) is 14.4 Å². The van der Waals surface area contributed by atoms with Gasteiger partial charge in [0.05, 0.1) is 28.9 Å². The third-order valence-corrected chi connectivity index (χ3v) is 14.7. The molecule has 2 aromatic carbocycles. The summed E-state index contributed by atoms with van der Waals surface area (Å²) in [6.45, 7) is 14.1. The van der Waals surface area contributed by atoms with Crippen LogP contribution in [0.25, 0.3) is 21.9 Å². The highest BCUT2D eigenvalue weighted by atomic mass is 79.9. The van der Waals surface area contributed by atoms with Gasteiger partial charge in [-0.25, -0.2) is 9.59 Å². The smallest absolute Gasteiger partial charge is 0.351 e. The topological polar surface area (TPSA) is 154 Å². The predicted octanol–water partition coefficient (Wildman–Crippen LogP) is 6.63. The number of hydrogen-bond acceptors (Lipinski definition) is 12. The average Bonchev–Trinajstić information content (AvgIpc) is 3.55. The number of para-hydroxylation sites is 1. The van der Waals surface area contributed by atoms with Crippen LogP contribution in [0.3, 0.4) is 0 Å². The Morgan fingerprint density at radius 3 is 1.81 bits per heavy atom. The zero-order valence-corrected chi connectivity index (χ0v) is 32.2. The quantitative estimate of drug-likeness (QED) is 0.155. The van der Waals surface area contributed by atoms with Crippen molar-refractivity contribution in [3.63, 3.8) is 0 Å². The standard InChI is InChI=1S/C39H41BrO12/c1-33(2)28(49-32(45)39-17-15-37(8,30(43)52-39)35(39,5)6)27(48-31(44)38-16-14-36(7,29(42)51-38)34(38,3)4)21-24-20(25(46-9)22(40)26(21)50-33)23(41)18-12-10-11-13-19(18)47-24/h10-13,27-28H,14-17H2,1-9H3/t27-,28-,36+,37+,38-,39-/m1/s1. The maximum Gasteiger partial charge on any atom is 0.351 e. The van der Waals surface area contributed by atoms with Crippen molar-refractivity contribution in [1.82, 2.24) is 0 Å². The lowest BCUT2D eigenvalue weighted by Crippen LogP contribution is -2.58. The maximum atomic E-state index is 14.8. The van der Waals surface area contributed by atoms with Crippen LogP contribution in [0.4, 0.5) is 0 Å². The summed E-state index contributed by atoms with van der Waals surface area (Å²) in [4.78, 5) is 69.9. The molecule has 276 valence electrons. The normalized spacial score (nSPS) is 34.4. The molecular weight excluding hydrogens is 740 g/mol. The molecule has 4 fully saturated rings. The van der Waals surface area contributed by atoms with Crippen LogP contribution in [-0.4, -0.2) is 53.9 Å². The van der Waals surface area contributed by atoms with E-state index in [1.807, 2.05) is 13.8 Å². The van der Waals surface area contributed by atoms with Gasteiger partial charge in [0.25, 0.3) is 0 Å². The van der Waals surface area contributed by atoms with E-state index in [-0.39, 0.29) is 56.3 Å². The van der Waals surface area contributed by atoms with Crippen molar-refractivity contribution in [2.24, 2.45) is 21.7 Å². The lowest BCUT2D eigenvalue weighted by molar-refractivity contribution is -0.217. The van der Waals surface area contributed by atoms with Crippen molar-refractivity contribution < 1.29 is 52.0 Å². The Hall–Kier alpha value is -4.13. The lowest BCUT2D eigenvalue weighted by Gasteiger charge is -2.46. The minimum Gasteiger partial charge on any atom is -0.494 e. The number of rotatable bonds is 5. The second-order valence-corrected chi connectivity index (χ2v) is 17.7. The molecule has 0 amide bonds. The predicted molar refractivity (Wildman–Crippen MR) is 188 cm³/mol. The molecule has 13 heteroatoms. The van der Waals surface area contributed by atoms with Crippen molar-refractivity contribution in [3.8, 4) is 11.5 Å². The number of benzene rings is 2. The number of esters is 4. The molecule has 0 spiro atoms. The van der Waals surface area contributed by atoms with Gasteiger partial charge < -0.3 is 32.8 Å². The minimum absolute atomic E-state index is 0.0104. The Morgan fingerprint density at radius 1 is 0.769 bits per heavy atom. The second-order valence-electron chi connectivity index (χ2n) is 16.9. The monoisotopic (exact) mass is 780 g/mol. The van der Waals surface area contributed by atoms with Crippen LogP contribution in [0, 0.1) is 21.7 Å². The van der Waals surface area contributed by atoms with E-state index in [1.54, 1.807) is 65.8 Å². The van der Waals surface area contributed by atoms with Gasteiger partial charge in [0.15, 0.2) is 23.5 Å². The summed E-state index contributed by atoms with van der Waals surface area (Å²) in [5, 5.41) is 0.322. The van der Waals surface area contributed by atoms with Crippen molar-refractivity contribution in [2.75, 3.05) is 7.11 Å². The Morgan fingerprint density at radius 2 is 1.31 bits per heavy atom. The van der Waals surface area contributed by atoms with Crippen molar-refractivity contribution >= 4 is 61.7 Å². The van der Waals surface area contributed by atoms with Crippen LogP contribution in [0.1, 0.15) is 92.7 Å². The van der Waals surface area contributed by atoms with Gasteiger partial charge in [-0.05, 0) is 81.4 Å². The lowest BCUT2D eigenvalue weighted by atomic mass is 9.66. The summed E-state index contributed by atoms with van der Waals surface area (Å²) in [7, 11) is 1.41. The first-order chi connectivity index (χ1) is 24.2. The molecular formula is C39H41BrO12. The number of fused-ring (bicyclic) bond motifs is 8. The van der Waals surface area contributed by atoms with Crippen molar-refractivity contribution in [2.45, 2.75) is 110 Å². The molecule has 2 aliphatic carbocycles. The van der Waals surface area contributed by atoms with E-state index in [4.69, 9.17) is 32.8 Å². The fourth-order valence-corrected chi connectivity index (χ4v) is 10.2. The first-order valence-electron chi connectivity index (χ1n) is 17.5. The summed E-state index contributed by atoms with van der Waals surface area (Å²) >= 11 is 3.59. The van der Waals surface area contributed by atoms with Crippen LogP contribution in [0.5, 0.6) is 11.5 Å². The van der Waals surface area contributed by atoms with Crippen molar-refractivity contribution in [1.29, 1.82) is 0 Å². The Labute approximate surface area is 307 Å². The summed E-state index contributed by atoms with van der Waals surface area (Å²) in [5.41, 5.74) is -8.54. The summed E-state index contributed by atoms with van der Waals surface area (Å²) in [6.07, 6.45) is -1.62. The first kappa shape index (κ1) is 34.9. The van der Waals surface area contributed by atoms with Gasteiger partial charge in [-0.2, -0.15) is 0 Å². The molecule has 5 aliphatic rings. The van der Waals surface area contributed by atoms with E-state index >= 15 is 0 Å². The van der Waals surface area contributed by atoms with Gasteiger partial charge in [0.2, 0.25) is 16.6 Å². The number of methoxy groups -OCH3 is 1. The fourth-order valence-electron chi connectivity index (χ4n) is 9.51. The number of ether oxygens (including phenoxy) is 6. The Kier molecular flexibility index (Phi) is 6.92. The molecule has 2 saturated carbocycles. The highest BCUT2D eigenvalue weighted by Crippen LogP contribution is 2.68. The largest absolute Gasteiger partial charge is 0.494 e. The first-order valence-corrected chi connectivity index (χ1v) is 18.3. The zero-order valence-electron chi connectivity index (χ0n) is 30.6. The van der Waals surface area contributed by atoms with Crippen LogP contribution in [0.2, 0.25) is 0 Å². The Balaban J connectivity index is 1.35. The molecule has 1 aromatic heterocycles. The molecule has 3 aliphatic heterocycles. The van der Waals surface area contributed by atoms with E-state index < -0.39 is 80.0 Å². The highest BCUT2D eigenvalue weighted by molar-refractivity contribution is 9.10. The SMILES string of the molecule is COc1c(Br)c2c(c3oc4ccccc4c(=O)c13)[C@@H](OC(=O)[C@@]13CC[C@@](C)(C(=O)O1)C3(C)C)[C@@H](OC(=O)[C@@]13CC[C@@](C)(C(=O)O1)C3(C)C)C(C)(C)O2. The molecule has 0 radical (unpaired) electrons. The third kappa shape index (κ3) is 3.80.